The number of hydrogen-bond donors (Lipinski definition) is 2. The predicted octanol–water partition coefficient (Wildman–Crippen LogP) is 0.779. The minimum atomic E-state index is -0.339. The Morgan fingerprint density at radius 3 is 2.44 bits per heavy atom. The second-order valence-electron chi connectivity index (χ2n) is 3.85. The van der Waals surface area contributed by atoms with Gasteiger partial charge in [-0.05, 0) is 32.4 Å². The lowest BCUT2D eigenvalue weighted by molar-refractivity contribution is -0.122. The Bertz CT molecular complexity index is 187. The van der Waals surface area contributed by atoms with Crippen LogP contribution in [0.25, 0.3) is 0 Å². The van der Waals surface area contributed by atoms with Crippen LogP contribution in [0.2, 0.25) is 0 Å². The lowest BCUT2D eigenvalue weighted by Gasteiger charge is -2.15. The van der Waals surface area contributed by atoms with E-state index < -0.39 is 0 Å². The van der Waals surface area contributed by atoms with Gasteiger partial charge in [-0.15, -0.1) is 24.8 Å². The Hall–Kier alpha value is -0.0300. The van der Waals surface area contributed by atoms with Gasteiger partial charge in [0.25, 0.3) is 0 Å². The van der Waals surface area contributed by atoms with Gasteiger partial charge in [-0.25, -0.2) is 0 Å². The number of nitrogens with zero attached hydrogens (tertiary/aromatic N) is 1. The first-order chi connectivity index (χ1) is 6.74. The molecule has 4 nitrogen and oxygen atoms in total. The smallest absolute Gasteiger partial charge is 0.236 e. The third-order valence-electron chi connectivity index (χ3n) is 2.70. The highest BCUT2D eigenvalue weighted by atomic mass is 35.5. The molecule has 0 aromatic carbocycles. The van der Waals surface area contributed by atoms with Crippen LogP contribution in [-0.4, -0.2) is 43.0 Å². The van der Waals surface area contributed by atoms with Gasteiger partial charge in [-0.3, -0.25) is 4.79 Å². The molecule has 0 saturated carbocycles. The van der Waals surface area contributed by atoms with Crippen molar-refractivity contribution in [1.82, 2.24) is 10.2 Å². The lowest BCUT2D eigenvalue weighted by Crippen LogP contribution is -2.42. The van der Waals surface area contributed by atoms with E-state index >= 15 is 0 Å². The molecule has 1 rings (SSSR count). The minimum Gasteiger partial charge on any atom is -0.353 e. The van der Waals surface area contributed by atoms with E-state index in [1.165, 1.54) is 25.9 Å². The minimum absolute atomic E-state index is 0. The number of rotatable bonds is 5. The van der Waals surface area contributed by atoms with Gasteiger partial charge in [0.05, 0.1) is 6.04 Å². The van der Waals surface area contributed by atoms with Gasteiger partial charge in [0.2, 0.25) is 5.91 Å². The quantitative estimate of drug-likeness (QED) is 0.777. The summed E-state index contributed by atoms with van der Waals surface area (Å²) in [5.74, 6) is -0.0216. The largest absolute Gasteiger partial charge is 0.353 e. The van der Waals surface area contributed by atoms with Gasteiger partial charge < -0.3 is 16.0 Å². The fraction of sp³-hybridized carbons (Fsp3) is 0.900. The zero-order chi connectivity index (χ0) is 10.4. The molecule has 16 heavy (non-hydrogen) atoms. The maximum absolute atomic E-state index is 11.3. The second-order valence-corrected chi connectivity index (χ2v) is 3.85. The number of carbonyl (C=O) groups excluding carboxylic acids is 1. The van der Waals surface area contributed by atoms with E-state index in [0.717, 1.165) is 13.1 Å². The first-order valence-electron chi connectivity index (χ1n) is 5.49. The molecule has 1 unspecified atom stereocenters. The molecule has 0 aliphatic carbocycles. The van der Waals surface area contributed by atoms with Crippen LogP contribution in [0.15, 0.2) is 0 Å². The van der Waals surface area contributed by atoms with Crippen molar-refractivity contribution in [1.29, 1.82) is 0 Å². The second kappa shape index (κ2) is 10.1. The number of hydrogen-bond acceptors (Lipinski definition) is 3. The molecule has 0 radical (unpaired) electrons. The van der Waals surface area contributed by atoms with Gasteiger partial charge in [0.1, 0.15) is 0 Å². The molecular weight excluding hydrogens is 249 g/mol. The number of amides is 1. The average Bonchev–Trinajstić information content (AvgIpc) is 2.69. The van der Waals surface area contributed by atoms with Crippen LogP contribution in [0.3, 0.4) is 0 Å². The number of nitrogens with one attached hydrogen (secondary N) is 1. The van der Waals surface area contributed by atoms with Gasteiger partial charge in [0, 0.05) is 13.1 Å². The van der Waals surface area contributed by atoms with Crippen molar-refractivity contribution in [2.45, 2.75) is 32.2 Å². The summed E-state index contributed by atoms with van der Waals surface area (Å²) in [6, 6.07) is -0.339. The molecule has 0 aromatic heterocycles. The van der Waals surface area contributed by atoms with Crippen molar-refractivity contribution in [3.63, 3.8) is 0 Å². The number of carbonyl (C=O) groups is 1. The third kappa shape index (κ3) is 6.53. The highest BCUT2D eigenvalue weighted by Gasteiger charge is 2.13. The molecule has 98 valence electrons. The summed E-state index contributed by atoms with van der Waals surface area (Å²) in [5, 5.41) is 2.85. The molecule has 1 saturated heterocycles. The Balaban J connectivity index is 0. The number of likely N-dealkylation sites (tertiary alicyclic amines) is 1. The van der Waals surface area contributed by atoms with Crippen molar-refractivity contribution < 1.29 is 4.79 Å². The third-order valence-corrected chi connectivity index (χ3v) is 2.70. The molecular formula is C10H23Cl2N3O. The van der Waals surface area contributed by atoms with E-state index in [9.17, 15) is 4.79 Å². The predicted molar refractivity (Wildman–Crippen MR) is 71.4 cm³/mol. The van der Waals surface area contributed by atoms with Crippen LogP contribution < -0.4 is 11.1 Å². The molecule has 1 aliphatic heterocycles. The van der Waals surface area contributed by atoms with E-state index in [4.69, 9.17) is 5.73 Å². The standard InChI is InChI=1S/C10H21N3O.2ClH/c1-2-9(11)10(14)12-5-8-13-6-3-4-7-13;;/h9H,2-8,11H2,1H3,(H,12,14);2*1H. The SMILES string of the molecule is CCC(N)C(=O)NCCN1CCCC1.Cl.Cl. The molecule has 1 atom stereocenters. The zero-order valence-electron chi connectivity index (χ0n) is 9.78. The molecule has 1 aliphatic rings. The average molecular weight is 272 g/mol. The Kier molecular flexibility index (Phi) is 11.6. The van der Waals surface area contributed by atoms with E-state index in [0.29, 0.717) is 6.42 Å². The van der Waals surface area contributed by atoms with Gasteiger partial charge in [-0.1, -0.05) is 6.92 Å². The fourth-order valence-electron chi connectivity index (χ4n) is 1.66. The molecule has 6 heteroatoms. The van der Waals surface area contributed by atoms with Crippen molar-refractivity contribution >= 4 is 30.7 Å². The Morgan fingerprint density at radius 1 is 1.38 bits per heavy atom. The van der Waals surface area contributed by atoms with Crippen LogP contribution in [0.5, 0.6) is 0 Å². The Morgan fingerprint density at radius 2 is 1.94 bits per heavy atom. The molecule has 0 spiro atoms. The Labute approximate surface area is 110 Å². The number of nitrogens with two attached hydrogens (primary N) is 1. The summed E-state index contributed by atoms with van der Waals surface area (Å²) in [7, 11) is 0. The molecule has 1 heterocycles. The molecule has 0 bridgehead atoms. The van der Waals surface area contributed by atoms with Crippen molar-refractivity contribution in [3.8, 4) is 0 Å². The van der Waals surface area contributed by atoms with Gasteiger partial charge in [-0.2, -0.15) is 0 Å². The van der Waals surface area contributed by atoms with Crippen LogP contribution in [0, 0.1) is 0 Å². The van der Waals surface area contributed by atoms with Crippen LogP contribution in [0.1, 0.15) is 26.2 Å². The monoisotopic (exact) mass is 271 g/mol. The van der Waals surface area contributed by atoms with Crippen LogP contribution >= 0.6 is 24.8 Å². The molecule has 1 fully saturated rings. The van der Waals surface area contributed by atoms with Crippen molar-refractivity contribution in [2.24, 2.45) is 5.73 Å². The van der Waals surface area contributed by atoms with Gasteiger partial charge in [0.15, 0.2) is 0 Å². The van der Waals surface area contributed by atoms with Crippen LogP contribution in [-0.2, 0) is 4.79 Å². The molecule has 1 amide bonds. The first kappa shape index (κ1) is 18.3. The summed E-state index contributed by atoms with van der Waals surface area (Å²) in [5.41, 5.74) is 5.59. The normalized spacial score (nSPS) is 17.1. The summed E-state index contributed by atoms with van der Waals surface area (Å²) >= 11 is 0. The number of halogens is 2. The maximum Gasteiger partial charge on any atom is 0.236 e. The first-order valence-corrected chi connectivity index (χ1v) is 5.49. The van der Waals surface area contributed by atoms with Gasteiger partial charge >= 0.3 is 0 Å². The lowest BCUT2D eigenvalue weighted by atomic mass is 10.2. The van der Waals surface area contributed by atoms with E-state index in [1.54, 1.807) is 0 Å². The summed E-state index contributed by atoms with van der Waals surface area (Å²) in [6.45, 7) is 5.96. The van der Waals surface area contributed by atoms with E-state index in [2.05, 4.69) is 10.2 Å². The topological polar surface area (TPSA) is 58.4 Å². The van der Waals surface area contributed by atoms with Crippen molar-refractivity contribution in [2.75, 3.05) is 26.2 Å². The summed E-state index contributed by atoms with van der Waals surface area (Å²) in [4.78, 5) is 13.7. The molecule has 3 N–H and O–H groups in total. The summed E-state index contributed by atoms with van der Waals surface area (Å²) < 4.78 is 0. The molecule has 0 aromatic rings. The maximum atomic E-state index is 11.3. The van der Waals surface area contributed by atoms with Crippen molar-refractivity contribution in [3.05, 3.63) is 0 Å². The summed E-state index contributed by atoms with van der Waals surface area (Å²) in [6.07, 6.45) is 3.29. The fourth-order valence-corrected chi connectivity index (χ4v) is 1.66. The van der Waals surface area contributed by atoms with Crippen LogP contribution in [0.4, 0.5) is 0 Å². The zero-order valence-corrected chi connectivity index (χ0v) is 11.4. The van der Waals surface area contributed by atoms with E-state index in [1.807, 2.05) is 6.92 Å². The highest BCUT2D eigenvalue weighted by molar-refractivity contribution is 5.85. The van der Waals surface area contributed by atoms with E-state index in [-0.39, 0.29) is 36.8 Å². The highest BCUT2D eigenvalue weighted by Crippen LogP contribution is 2.05.